The minimum atomic E-state index is -0.637. The molecule has 0 aliphatic rings. The number of carbonyl (C=O) groups is 2. The Bertz CT molecular complexity index is 782. The lowest BCUT2D eigenvalue weighted by atomic mass is 10.1. The summed E-state index contributed by atoms with van der Waals surface area (Å²) in [5, 5.41) is 3.30. The van der Waals surface area contributed by atoms with Crippen LogP contribution in [0.5, 0.6) is 11.5 Å². The van der Waals surface area contributed by atoms with Crippen LogP contribution in [0.2, 0.25) is 5.02 Å². The quantitative estimate of drug-likeness (QED) is 0.690. The fraction of sp³-hybridized carbons (Fsp3) is 0.300. The molecular formula is C20H22ClNO5. The first-order valence-corrected chi connectivity index (χ1v) is 8.84. The van der Waals surface area contributed by atoms with Crippen molar-refractivity contribution in [1.82, 2.24) is 0 Å². The van der Waals surface area contributed by atoms with Gasteiger partial charge in [0.05, 0.1) is 6.61 Å². The Kier molecular flexibility index (Phi) is 7.49. The first kappa shape index (κ1) is 20.6. The zero-order chi connectivity index (χ0) is 19.8. The molecule has 0 saturated carbocycles. The minimum Gasteiger partial charge on any atom is -0.494 e. The molecule has 2 aromatic carbocycles. The van der Waals surface area contributed by atoms with E-state index < -0.39 is 18.5 Å². The number of anilines is 1. The van der Waals surface area contributed by atoms with E-state index in [-0.39, 0.29) is 6.61 Å². The molecule has 7 heteroatoms. The number of hydrogen-bond donors (Lipinski definition) is 1. The van der Waals surface area contributed by atoms with Gasteiger partial charge in [0, 0.05) is 10.7 Å². The fourth-order valence-electron chi connectivity index (χ4n) is 2.32. The Morgan fingerprint density at radius 2 is 1.59 bits per heavy atom. The molecule has 0 fully saturated rings. The summed E-state index contributed by atoms with van der Waals surface area (Å²) in [4.78, 5) is 23.6. The summed E-state index contributed by atoms with van der Waals surface area (Å²) in [6.07, 6.45) is 0. The van der Waals surface area contributed by atoms with Crippen molar-refractivity contribution in [2.24, 2.45) is 0 Å². The van der Waals surface area contributed by atoms with Crippen LogP contribution in [0.25, 0.3) is 0 Å². The zero-order valence-electron chi connectivity index (χ0n) is 15.5. The van der Waals surface area contributed by atoms with Crippen molar-refractivity contribution in [3.05, 3.63) is 52.5 Å². The molecule has 2 aromatic rings. The van der Waals surface area contributed by atoms with Gasteiger partial charge in [-0.05, 0) is 68.3 Å². The monoisotopic (exact) mass is 391 g/mol. The first-order chi connectivity index (χ1) is 12.9. The van der Waals surface area contributed by atoms with Crippen LogP contribution >= 0.6 is 11.6 Å². The summed E-state index contributed by atoms with van der Waals surface area (Å²) in [5.74, 6) is 0.157. The van der Waals surface area contributed by atoms with Gasteiger partial charge in [0.25, 0.3) is 5.91 Å². The van der Waals surface area contributed by atoms with Crippen molar-refractivity contribution in [2.45, 2.75) is 20.8 Å². The molecule has 0 unspecified atom stereocenters. The first-order valence-electron chi connectivity index (χ1n) is 8.47. The van der Waals surface area contributed by atoms with Crippen LogP contribution < -0.4 is 14.8 Å². The fourth-order valence-corrected chi connectivity index (χ4v) is 2.43. The molecule has 1 N–H and O–H groups in total. The van der Waals surface area contributed by atoms with Gasteiger partial charge in [-0.1, -0.05) is 11.6 Å². The van der Waals surface area contributed by atoms with Gasteiger partial charge < -0.3 is 19.5 Å². The lowest BCUT2D eigenvalue weighted by Crippen LogP contribution is -2.23. The summed E-state index contributed by atoms with van der Waals surface area (Å²) < 4.78 is 15.6. The van der Waals surface area contributed by atoms with Crippen LogP contribution in [-0.4, -0.2) is 31.7 Å². The van der Waals surface area contributed by atoms with Crippen molar-refractivity contribution in [3.63, 3.8) is 0 Å². The zero-order valence-corrected chi connectivity index (χ0v) is 16.3. The van der Waals surface area contributed by atoms with Gasteiger partial charge >= 0.3 is 5.97 Å². The Balaban J connectivity index is 1.75. The Labute approximate surface area is 163 Å². The third kappa shape index (κ3) is 6.49. The highest BCUT2D eigenvalue weighted by atomic mass is 35.5. The van der Waals surface area contributed by atoms with Crippen molar-refractivity contribution >= 4 is 29.2 Å². The van der Waals surface area contributed by atoms with Gasteiger partial charge in [-0.3, -0.25) is 4.79 Å². The molecule has 0 saturated heterocycles. The van der Waals surface area contributed by atoms with Crippen LogP contribution in [0.3, 0.4) is 0 Å². The highest BCUT2D eigenvalue weighted by molar-refractivity contribution is 6.32. The van der Waals surface area contributed by atoms with Gasteiger partial charge in [0.15, 0.2) is 13.2 Å². The van der Waals surface area contributed by atoms with Crippen LogP contribution in [0, 0.1) is 13.8 Å². The van der Waals surface area contributed by atoms with Crippen LogP contribution in [-0.2, 0) is 14.3 Å². The number of halogens is 1. The van der Waals surface area contributed by atoms with Crippen LogP contribution in [0.4, 0.5) is 5.69 Å². The summed E-state index contributed by atoms with van der Waals surface area (Å²) in [6.45, 7) is 5.48. The van der Waals surface area contributed by atoms with E-state index in [1.165, 1.54) is 0 Å². The van der Waals surface area contributed by atoms with Crippen LogP contribution in [0.1, 0.15) is 18.1 Å². The number of benzene rings is 2. The molecule has 0 aromatic heterocycles. The van der Waals surface area contributed by atoms with Crippen molar-refractivity contribution < 1.29 is 23.8 Å². The van der Waals surface area contributed by atoms with E-state index >= 15 is 0 Å². The number of esters is 1. The second-order valence-corrected chi connectivity index (χ2v) is 6.20. The molecule has 27 heavy (non-hydrogen) atoms. The molecule has 2 rings (SSSR count). The second-order valence-electron chi connectivity index (χ2n) is 5.83. The number of nitrogens with one attached hydrogen (secondary N) is 1. The lowest BCUT2D eigenvalue weighted by molar-refractivity contribution is -0.149. The number of ether oxygens (including phenoxy) is 3. The standard InChI is InChI=1S/C20H22ClNO5/c1-4-25-16-7-5-15(6-8-16)22-18(23)11-27-19(24)12-26-17-9-13(2)20(21)14(3)10-17/h5-10H,4,11-12H2,1-3H3,(H,22,23). The van der Waals surface area contributed by atoms with E-state index in [9.17, 15) is 9.59 Å². The number of amides is 1. The summed E-state index contributed by atoms with van der Waals surface area (Å²) in [6, 6.07) is 10.4. The van der Waals surface area contributed by atoms with E-state index in [1.54, 1.807) is 36.4 Å². The second kappa shape index (κ2) is 9.83. The molecule has 144 valence electrons. The van der Waals surface area contributed by atoms with Crippen molar-refractivity contribution in [3.8, 4) is 11.5 Å². The summed E-state index contributed by atoms with van der Waals surface area (Å²) >= 11 is 6.09. The molecule has 0 atom stereocenters. The molecule has 0 bridgehead atoms. The SMILES string of the molecule is CCOc1ccc(NC(=O)COC(=O)COc2cc(C)c(Cl)c(C)c2)cc1. The molecular weight excluding hydrogens is 370 g/mol. The van der Waals surface area contributed by atoms with Gasteiger partial charge in [-0.2, -0.15) is 0 Å². The van der Waals surface area contributed by atoms with E-state index in [2.05, 4.69) is 5.32 Å². The lowest BCUT2D eigenvalue weighted by Gasteiger charge is -2.10. The van der Waals surface area contributed by atoms with E-state index in [0.717, 1.165) is 11.1 Å². The number of hydrogen-bond acceptors (Lipinski definition) is 5. The predicted octanol–water partition coefficient (Wildman–Crippen LogP) is 3.92. The maximum Gasteiger partial charge on any atom is 0.344 e. The van der Waals surface area contributed by atoms with Crippen LogP contribution in [0.15, 0.2) is 36.4 Å². The Morgan fingerprint density at radius 3 is 2.19 bits per heavy atom. The molecule has 0 radical (unpaired) electrons. The third-order valence-electron chi connectivity index (χ3n) is 3.58. The van der Waals surface area contributed by atoms with Gasteiger partial charge in [-0.25, -0.2) is 4.79 Å². The van der Waals surface area contributed by atoms with Gasteiger partial charge in [0.2, 0.25) is 0 Å². The van der Waals surface area contributed by atoms with E-state index in [1.807, 2.05) is 20.8 Å². The smallest absolute Gasteiger partial charge is 0.344 e. The highest BCUT2D eigenvalue weighted by Crippen LogP contribution is 2.25. The van der Waals surface area contributed by atoms with E-state index in [4.69, 9.17) is 25.8 Å². The largest absolute Gasteiger partial charge is 0.494 e. The van der Waals surface area contributed by atoms with Gasteiger partial charge in [0.1, 0.15) is 11.5 Å². The highest BCUT2D eigenvalue weighted by Gasteiger charge is 2.10. The number of rotatable bonds is 8. The Morgan fingerprint density at radius 1 is 0.963 bits per heavy atom. The predicted molar refractivity (Wildman–Crippen MR) is 104 cm³/mol. The Hall–Kier alpha value is -2.73. The number of carbonyl (C=O) groups excluding carboxylic acids is 2. The van der Waals surface area contributed by atoms with Gasteiger partial charge in [-0.15, -0.1) is 0 Å². The summed E-state index contributed by atoms with van der Waals surface area (Å²) in [7, 11) is 0. The molecule has 0 aliphatic heterocycles. The summed E-state index contributed by atoms with van der Waals surface area (Å²) in [5.41, 5.74) is 2.30. The minimum absolute atomic E-state index is 0.295. The normalized spacial score (nSPS) is 10.2. The molecule has 0 heterocycles. The molecule has 6 nitrogen and oxygen atoms in total. The maximum atomic E-state index is 11.9. The molecule has 1 amide bonds. The number of aryl methyl sites for hydroxylation is 2. The maximum absolute atomic E-state index is 11.9. The average Bonchev–Trinajstić information content (AvgIpc) is 2.64. The van der Waals surface area contributed by atoms with Crippen molar-refractivity contribution in [2.75, 3.05) is 25.1 Å². The van der Waals surface area contributed by atoms with E-state index in [0.29, 0.717) is 28.8 Å². The van der Waals surface area contributed by atoms with Crippen molar-refractivity contribution in [1.29, 1.82) is 0 Å². The average molecular weight is 392 g/mol. The topological polar surface area (TPSA) is 73.9 Å². The molecule has 0 spiro atoms. The third-order valence-corrected chi connectivity index (χ3v) is 4.18. The molecule has 0 aliphatic carbocycles.